The van der Waals surface area contributed by atoms with Gasteiger partial charge in [0.1, 0.15) is 22.7 Å². The van der Waals surface area contributed by atoms with Gasteiger partial charge >= 0.3 is 0 Å². The molecule has 2 spiro atoms. The molecule has 3 aliphatic rings. The van der Waals surface area contributed by atoms with Crippen molar-refractivity contribution in [2.24, 2.45) is 4.99 Å². The monoisotopic (exact) mass is 417 g/mol. The molecule has 1 aliphatic carbocycles. The van der Waals surface area contributed by atoms with Crippen LogP contribution in [-0.4, -0.2) is 20.4 Å². The molecule has 2 aromatic carbocycles. The van der Waals surface area contributed by atoms with E-state index in [0.717, 1.165) is 41.9 Å². The van der Waals surface area contributed by atoms with Crippen molar-refractivity contribution >= 4 is 28.6 Å². The van der Waals surface area contributed by atoms with E-state index >= 15 is 0 Å². The summed E-state index contributed by atoms with van der Waals surface area (Å²) >= 11 is 3.20. The molecule has 0 N–H and O–H groups in total. The minimum Gasteiger partial charge on any atom is -0.316 e. The smallest absolute Gasteiger partial charge is 0.259 e. The molecule has 2 fully saturated rings. The second-order valence-electron chi connectivity index (χ2n) is 7.65. The van der Waals surface area contributed by atoms with E-state index in [9.17, 15) is 10.5 Å². The first kappa shape index (κ1) is 18.8. The third kappa shape index (κ3) is 2.74. The third-order valence-corrected chi connectivity index (χ3v) is 9.34. The van der Waals surface area contributed by atoms with Crippen molar-refractivity contribution in [1.82, 2.24) is 0 Å². The van der Waals surface area contributed by atoms with Gasteiger partial charge in [0.25, 0.3) is 5.60 Å². The van der Waals surface area contributed by atoms with E-state index < -0.39 is 15.4 Å². The normalized spacial score (nSPS) is 28.9. The van der Waals surface area contributed by atoms with Crippen molar-refractivity contribution < 1.29 is 4.74 Å². The number of benzene rings is 2. The van der Waals surface area contributed by atoms with Crippen LogP contribution in [0.4, 0.5) is 0 Å². The first-order valence-electron chi connectivity index (χ1n) is 9.76. The van der Waals surface area contributed by atoms with Crippen LogP contribution in [0.3, 0.4) is 0 Å². The lowest BCUT2D eigenvalue weighted by molar-refractivity contribution is -0.0130. The summed E-state index contributed by atoms with van der Waals surface area (Å²) in [5.41, 5.74) is 0.0682. The molecule has 2 aliphatic heterocycles. The minimum atomic E-state index is -1.53. The molecule has 1 saturated heterocycles. The fraction of sp³-hybridized carbons (Fsp3) is 0.348. The molecule has 0 amide bonds. The van der Waals surface area contributed by atoms with Gasteiger partial charge in [-0.2, -0.15) is 10.5 Å². The Morgan fingerprint density at radius 3 is 2.17 bits per heavy atom. The molecule has 144 valence electrons. The number of ether oxygens (including phenoxy) is 1. The summed E-state index contributed by atoms with van der Waals surface area (Å²) in [6, 6.07) is 24.4. The van der Waals surface area contributed by atoms with Crippen LogP contribution in [0.5, 0.6) is 0 Å². The van der Waals surface area contributed by atoms with Crippen LogP contribution in [0.15, 0.2) is 65.7 Å². The van der Waals surface area contributed by atoms with Crippen LogP contribution in [-0.2, 0) is 4.74 Å². The van der Waals surface area contributed by atoms with Gasteiger partial charge < -0.3 is 4.74 Å². The second kappa shape index (κ2) is 6.92. The van der Waals surface area contributed by atoms with Gasteiger partial charge in [0.15, 0.2) is 4.27 Å². The van der Waals surface area contributed by atoms with Crippen LogP contribution in [0, 0.1) is 22.7 Å². The fourth-order valence-electron chi connectivity index (χ4n) is 4.49. The topological polar surface area (TPSA) is 69.2 Å². The van der Waals surface area contributed by atoms with Gasteiger partial charge in [-0.3, -0.25) is 4.99 Å². The van der Waals surface area contributed by atoms with Gasteiger partial charge in [-0.25, -0.2) is 0 Å². The molecule has 0 bridgehead atoms. The number of rotatable bonds is 2. The molecular weight excluding hydrogens is 398 g/mol. The van der Waals surface area contributed by atoms with Crippen molar-refractivity contribution in [3.05, 3.63) is 71.8 Å². The maximum absolute atomic E-state index is 10.0. The van der Waals surface area contributed by atoms with Crippen molar-refractivity contribution in [2.45, 2.75) is 46.3 Å². The standard InChI is InChI=1S/C23H19N3OS2/c24-15-21(16-25)19(17-9-3-1-4-10-17)28-23(27-21)22(13-7-8-14-22)26-20(29-23)18-11-5-2-6-12-18/h1-6,9-12,19H,7-8,13-14H2/t19-,23+/m0/s1. The van der Waals surface area contributed by atoms with Crippen molar-refractivity contribution in [3.63, 3.8) is 0 Å². The number of nitriles is 2. The molecule has 2 atom stereocenters. The highest BCUT2D eigenvalue weighted by molar-refractivity contribution is 8.26. The number of fused-ring (bicyclic) bond motifs is 1. The van der Waals surface area contributed by atoms with E-state index in [1.54, 1.807) is 23.5 Å². The summed E-state index contributed by atoms with van der Waals surface area (Å²) in [6.45, 7) is 0. The van der Waals surface area contributed by atoms with E-state index in [-0.39, 0.29) is 5.25 Å². The summed E-state index contributed by atoms with van der Waals surface area (Å²) < 4.78 is 5.78. The number of hydrogen-bond acceptors (Lipinski definition) is 6. The van der Waals surface area contributed by atoms with E-state index in [2.05, 4.69) is 24.3 Å². The Morgan fingerprint density at radius 2 is 1.55 bits per heavy atom. The van der Waals surface area contributed by atoms with Gasteiger partial charge in [-0.05, 0) is 18.4 Å². The Labute approximate surface area is 179 Å². The third-order valence-electron chi connectivity index (χ3n) is 5.94. The summed E-state index contributed by atoms with van der Waals surface area (Å²) in [5.74, 6) is 0. The lowest BCUT2D eigenvalue weighted by atomic mass is 9.95. The lowest BCUT2D eigenvalue weighted by Gasteiger charge is -2.36. The maximum Gasteiger partial charge on any atom is 0.259 e. The summed E-state index contributed by atoms with van der Waals surface area (Å²) in [5, 5.41) is 20.7. The molecule has 2 aromatic rings. The highest BCUT2D eigenvalue weighted by atomic mass is 32.2. The van der Waals surface area contributed by atoms with Gasteiger partial charge in [0, 0.05) is 5.56 Å². The van der Waals surface area contributed by atoms with E-state index in [0.29, 0.717) is 0 Å². The van der Waals surface area contributed by atoms with Crippen LogP contribution >= 0.6 is 23.5 Å². The Bertz CT molecular complexity index is 1020. The molecule has 0 radical (unpaired) electrons. The van der Waals surface area contributed by atoms with E-state index in [1.165, 1.54) is 0 Å². The quantitative estimate of drug-likeness (QED) is 0.651. The predicted molar refractivity (Wildman–Crippen MR) is 116 cm³/mol. The molecule has 1 saturated carbocycles. The average Bonchev–Trinajstić information content (AvgIpc) is 3.47. The molecule has 29 heavy (non-hydrogen) atoms. The first-order valence-corrected chi connectivity index (χ1v) is 11.5. The van der Waals surface area contributed by atoms with Crippen LogP contribution in [0.2, 0.25) is 0 Å². The van der Waals surface area contributed by atoms with Crippen LogP contribution in [0.25, 0.3) is 0 Å². The Morgan fingerprint density at radius 1 is 0.931 bits per heavy atom. The van der Waals surface area contributed by atoms with Gasteiger partial charge in [0.05, 0.1) is 5.25 Å². The zero-order valence-corrected chi connectivity index (χ0v) is 17.4. The van der Waals surface area contributed by atoms with Gasteiger partial charge in [0.2, 0.25) is 0 Å². The number of hydrogen-bond donors (Lipinski definition) is 0. The van der Waals surface area contributed by atoms with Gasteiger partial charge in [-0.15, -0.1) is 0 Å². The molecule has 5 rings (SSSR count). The van der Waals surface area contributed by atoms with Crippen LogP contribution in [0.1, 0.15) is 42.1 Å². The summed E-state index contributed by atoms with van der Waals surface area (Å²) in [7, 11) is 0. The number of aliphatic imine (C=N–C) groups is 1. The minimum absolute atomic E-state index is 0.381. The summed E-state index contributed by atoms with van der Waals surface area (Å²) in [6.07, 6.45) is 4.00. The van der Waals surface area contributed by atoms with Crippen molar-refractivity contribution in [1.29, 1.82) is 10.5 Å². The summed E-state index contributed by atoms with van der Waals surface area (Å²) in [4.78, 5) is 5.20. The van der Waals surface area contributed by atoms with E-state index in [4.69, 9.17) is 9.73 Å². The molecular formula is C23H19N3OS2. The molecule has 2 heterocycles. The van der Waals surface area contributed by atoms with Crippen molar-refractivity contribution in [3.8, 4) is 12.1 Å². The molecule has 0 aromatic heterocycles. The Kier molecular flexibility index (Phi) is 4.47. The second-order valence-corrected chi connectivity index (χ2v) is 10.4. The fourth-order valence-corrected chi connectivity index (χ4v) is 8.12. The Hall–Kier alpha value is -2.25. The average molecular weight is 418 g/mol. The lowest BCUT2D eigenvalue weighted by Crippen LogP contribution is -2.46. The van der Waals surface area contributed by atoms with Crippen LogP contribution < -0.4 is 0 Å². The Balaban J connectivity index is 1.61. The highest BCUT2D eigenvalue weighted by Crippen LogP contribution is 2.70. The number of thioether (sulfide) groups is 2. The van der Waals surface area contributed by atoms with Crippen molar-refractivity contribution in [2.75, 3.05) is 0 Å². The zero-order valence-electron chi connectivity index (χ0n) is 15.7. The molecule has 6 heteroatoms. The van der Waals surface area contributed by atoms with E-state index in [1.807, 2.05) is 48.5 Å². The maximum atomic E-state index is 10.0. The van der Waals surface area contributed by atoms with Gasteiger partial charge in [-0.1, -0.05) is 97.0 Å². The zero-order chi connectivity index (χ0) is 20.0. The molecule has 0 unspecified atom stereocenters. The highest BCUT2D eigenvalue weighted by Gasteiger charge is 2.70. The first-order chi connectivity index (χ1) is 14.2. The largest absolute Gasteiger partial charge is 0.316 e. The SMILES string of the molecule is N#CC1(C#N)O[C@@]2(SC(c3ccccc3)=NC23CCCC3)S[C@H]1c1ccccc1. The number of nitrogens with zero attached hydrogens (tertiary/aromatic N) is 3. The molecule has 4 nitrogen and oxygen atoms in total. The predicted octanol–water partition coefficient (Wildman–Crippen LogP) is 5.44.